The van der Waals surface area contributed by atoms with Crippen molar-refractivity contribution >= 4 is 35.1 Å². The summed E-state index contributed by atoms with van der Waals surface area (Å²) in [7, 11) is 1.89. The first-order valence-corrected chi connectivity index (χ1v) is 10.1. The maximum absolute atomic E-state index is 5.88. The lowest BCUT2D eigenvalue weighted by Gasteiger charge is -2.11. The molecule has 0 unspecified atom stereocenters. The smallest absolute Gasteiger partial charge is 0.225 e. The Hall–Kier alpha value is -2.88. The maximum Gasteiger partial charge on any atom is 0.225 e. The summed E-state index contributed by atoms with van der Waals surface area (Å²) >= 11 is 6.74. The molecule has 4 heterocycles. The molecule has 10 heteroatoms. The van der Waals surface area contributed by atoms with E-state index in [1.54, 1.807) is 30.6 Å². The van der Waals surface area contributed by atoms with Crippen molar-refractivity contribution in [1.29, 1.82) is 0 Å². The summed E-state index contributed by atoms with van der Waals surface area (Å²) in [5, 5.41) is 0.527. The highest BCUT2D eigenvalue weighted by Gasteiger charge is 2.19. The summed E-state index contributed by atoms with van der Waals surface area (Å²) in [5.41, 5.74) is 3.11. The van der Waals surface area contributed by atoms with Crippen LogP contribution >= 0.6 is 23.9 Å². The van der Waals surface area contributed by atoms with Crippen LogP contribution in [0.2, 0.25) is 5.02 Å². The molecule has 154 valence electrons. The number of ether oxygens (including phenoxy) is 1. The molecule has 0 bridgehead atoms. The molecule has 0 atom stereocenters. The topological polar surface area (TPSA) is 84.2 Å². The normalized spacial score (nSPS) is 11.1. The highest BCUT2D eigenvalue weighted by atomic mass is 35.5. The Balaban J connectivity index is 1.73. The van der Waals surface area contributed by atoms with Crippen LogP contribution in [0.3, 0.4) is 0 Å². The van der Waals surface area contributed by atoms with E-state index in [1.165, 1.54) is 6.20 Å². The predicted octanol–water partition coefficient (Wildman–Crippen LogP) is 5.16. The standard InChI is InChI=1S/C20H18ClN5O3S/c1-4-27-30-29-16-8-14(28-17-6-5-13(21)10-22-17)11-23-18(16)20-25-15-7-12(2)9-24-19(15)26(20)3/h5-11H,4H2,1-3H3. The van der Waals surface area contributed by atoms with Crippen molar-refractivity contribution in [3.8, 4) is 28.9 Å². The maximum atomic E-state index is 5.88. The van der Waals surface area contributed by atoms with Gasteiger partial charge in [-0.15, -0.1) is 0 Å². The van der Waals surface area contributed by atoms with Gasteiger partial charge in [0, 0.05) is 31.6 Å². The van der Waals surface area contributed by atoms with Crippen LogP contribution in [0.4, 0.5) is 0 Å². The molecule has 8 nitrogen and oxygen atoms in total. The Morgan fingerprint density at radius 3 is 2.73 bits per heavy atom. The van der Waals surface area contributed by atoms with Crippen LogP contribution in [-0.2, 0) is 11.2 Å². The first-order valence-electron chi connectivity index (χ1n) is 9.10. The van der Waals surface area contributed by atoms with Crippen molar-refractivity contribution in [1.82, 2.24) is 24.5 Å². The van der Waals surface area contributed by atoms with Gasteiger partial charge >= 0.3 is 0 Å². The van der Waals surface area contributed by atoms with E-state index in [-0.39, 0.29) is 0 Å². The van der Waals surface area contributed by atoms with Crippen molar-refractivity contribution in [3.05, 3.63) is 53.4 Å². The number of aromatic nitrogens is 5. The molecule has 0 saturated carbocycles. The van der Waals surface area contributed by atoms with Gasteiger partial charge in [0.2, 0.25) is 18.2 Å². The Morgan fingerprint density at radius 1 is 1.10 bits per heavy atom. The zero-order valence-electron chi connectivity index (χ0n) is 16.5. The number of hydrogen-bond donors (Lipinski definition) is 0. The summed E-state index contributed by atoms with van der Waals surface area (Å²) in [6.07, 6.45) is 4.90. The van der Waals surface area contributed by atoms with E-state index in [9.17, 15) is 0 Å². The molecule has 0 saturated heterocycles. The van der Waals surface area contributed by atoms with E-state index in [0.29, 0.717) is 40.5 Å². The molecule has 4 rings (SSSR count). The molecular formula is C20H18ClN5O3S. The van der Waals surface area contributed by atoms with E-state index < -0.39 is 0 Å². The summed E-state index contributed by atoms with van der Waals surface area (Å²) in [6.45, 7) is 4.35. The number of halogens is 1. The van der Waals surface area contributed by atoms with Crippen LogP contribution in [0.15, 0.2) is 42.9 Å². The molecule has 4 aromatic heterocycles. The van der Waals surface area contributed by atoms with E-state index in [1.807, 2.05) is 31.5 Å². The third kappa shape index (κ3) is 4.33. The third-order valence-electron chi connectivity index (χ3n) is 4.10. The molecule has 0 spiro atoms. The Morgan fingerprint density at radius 2 is 1.97 bits per heavy atom. The van der Waals surface area contributed by atoms with Gasteiger partial charge in [-0.25, -0.2) is 19.9 Å². The number of rotatable bonds is 7. The van der Waals surface area contributed by atoms with Crippen LogP contribution in [0.25, 0.3) is 22.7 Å². The van der Waals surface area contributed by atoms with E-state index in [0.717, 1.165) is 29.1 Å². The number of pyridine rings is 3. The van der Waals surface area contributed by atoms with Gasteiger partial charge in [-0.3, -0.25) is 4.18 Å². The molecule has 30 heavy (non-hydrogen) atoms. The summed E-state index contributed by atoms with van der Waals surface area (Å²) in [5.74, 6) is 1.90. The molecule has 0 radical (unpaired) electrons. The monoisotopic (exact) mass is 443 g/mol. The van der Waals surface area contributed by atoms with Gasteiger partial charge in [0.05, 0.1) is 17.8 Å². The molecule has 0 aliphatic heterocycles. The largest absolute Gasteiger partial charge is 0.437 e. The quantitative estimate of drug-likeness (QED) is 0.286. The number of hydrogen-bond acceptors (Lipinski definition) is 8. The first kappa shape index (κ1) is 20.4. The molecular weight excluding hydrogens is 426 g/mol. The highest BCUT2D eigenvalue weighted by Crippen LogP contribution is 2.35. The van der Waals surface area contributed by atoms with Crippen LogP contribution in [0.1, 0.15) is 12.5 Å². The number of nitrogens with zero attached hydrogens (tertiary/aromatic N) is 5. The van der Waals surface area contributed by atoms with Crippen LogP contribution < -0.4 is 8.92 Å². The second-order valence-corrected chi connectivity index (χ2v) is 7.32. The van der Waals surface area contributed by atoms with Crippen molar-refractivity contribution in [3.63, 3.8) is 0 Å². The molecule has 0 aliphatic rings. The Bertz CT molecular complexity index is 1180. The zero-order chi connectivity index (χ0) is 21.1. The summed E-state index contributed by atoms with van der Waals surface area (Å²) in [4.78, 5) is 17.8. The SMILES string of the molecule is CCOSOc1cc(Oc2ccc(Cl)cn2)cnc1-c1nc2cc(C)cnc2n1C. The van der Waals surface area contributed by atoms with Crippen molar-refractivity contribution in [2.45, 2.75) is 13.8 Å². The minimum absolute atomic E-state index is 0.389. The van der Waals surface area contributed by atoms with Crippen molar-refractivity contribution in [2.24, 2.45) is 7.05 Å². The Labute approximate surface area is 182 Å². The van der Waals surface area contributed by atoms with Crippen LogP contribution in [0.5, 0.6) is 17.4 Å². The van der Waals surface area contributed by atoms with Crippen LogP contribution in [0, 0.1) is 6.92 Å². The fourth-order valence-corrected chi connectivity index (χ4v) is 3.21. The second-order valence-electron chi connectivity index (χ2n) is 6.34. The number of imidazole rings is 1. The molecule has 0 aromatic carbocycles. The lowest BCUT2D eigenvalue weighted by Crippen LogP contribution is -1.99. The number of aryl methyl sites for hydroxylation is 2. The van der Waals surface area contributed by atoms with Gasteiger partial charge < -0.3 is 13.5 Å². The average molecular weight is 444 g/mol. The van der Waals surface area contributed by atoms with E-state index in [2.05, 4.69) is 15.0 Å². The Kier molecular flexibility index (Phi) is 6.03. The predicted molar refractivity (Wildman–Crippen MR) is 116 cm³/mol. The summed E-state index contributed by atoms with van der Waals surface area (Å²) < 4.78 is 18.7. The van der Waals surface area contributed by atoms with Crippen LogP contribution in [-0.4, -0.2) is 31.1 Å². The van der Waals surface area contributed by atoms with Gasteiger partial charge in [0.1, 0.15) is 11.2 Å². The second kappa shape index (κ2) is 8.86. The lowest BCUT2D eigenvalue weighted by atomic mass is 10.3. The molecule has 0 aliphatic carbocycles. The fourth-order valence-electron chi connectivity index (χ4n) is 2.75. The first-order chi connectivity index (χ1) is 14.5. The average Bonchev–Trinajstić information content (AvgIpc) is 3.05. The minimum atomic E-state index is 0.389. The number of fused-ring (bicyclic) bond motifs is 1. The van der Waals surface area contributed by atoms with Crippen molar-refractivity contribution < 1.29 is 13.1 Å². The van der Waals surface area contributed by atoms with E-state index in [4.69, 9.17) is 29.7 Å². The molecule has 0 fully saturated rings. The highest BCUT2D eigenvalue weighted by molar-refractivity contribution is 7.90. The third-order valence-corrected chi connectivity index (χ3v) is 4.90. The molecule has 4 aromatic rings. The van der Waals surface area contributed by atoms with Gasteiger partial charge in [-0.05, 0) is 31.5 Å². The van der Waals surface area contributed by atoms with E-state index >= 15 is 0 Å². The zero-order valence-corrected chi connectivity index (χ0v) is 18.1. The van der Waals surface area contributed by atoms with Crippen molar-refractivity contribution in [2.75, 3.05) is 6.61 Å². The van der Waals surface area contributed by atoms with Gasteiger partial charge in [-0.2, -0.15) is 0 Å². The van der Waals surface area contributed by atoms with Gasteiger partial charge in [-0.1, -0.05) is 11.6 Å². The minimum Gasteiger partial charge on any atom is -0.437 e. The fraction of sp³-hybridized carbons (Fsp3) is 0.200. The lowest BCUT2D eigenvalue weighted by molar-refractivity contribution is 0.369. The van der Waals surface area contributed by atoms with Gasteiger partial charge in [0.25, 0.3) is 0 Å². The van der Waals surface area contributed by atoms with Gasteiger partial charge in [0.15, 0.2) is 23.0 Å². The molecule has 0 amide bonds. The molecule has 0 N–H and O–H groups in total. The summed E-state index contributed by atoms with van der Waals surface area (Å²) in [6, 6.07) is 7.06.